The van der Waals surface area contributed by atoms with E-state index in [0.29, 0.717) is 10.4 Å². The predicted octanol–water partition coefficient (Wildman–Crippen LogP) is 3.66. The van der Waals surface area contributed by atoms with Crippen LogP contribution in [0.4, 0.5) is 4.39 Å². The van der Waals surface area contributed by atoms with E-state index in [4.69, 9.17) is 4.74 Å². The first-order valence-corrected chi connectivity index (χ1v) is 7.21. The van der Waals surface area contributed by atoms with Crippen LogP contribution in [0.1, 0.15) is 31.4 Å². The minimum Gasteiger partial charge on any atom is -0.378 e. The van der Waals surface area contributed by atoms with Crippen LogP contribution in [-0.4, -0.2) is 19.8 Å². The Labute approximate surface area is 116 Å². The van der Waals surface area contributed by atoms with Gasteiger partial charge in [0.2, 0.25) is 0 Å². The lowest BCUT2D eigenvalue weighted by Crippen LogP contribution is -2.31. The molecule has 3 unspecified atom stereocenters. The molecule has 0 amide bonds. The van der Waals surface area contributed by atoms with Crippen molar-refractivity contribution in [2.45, 2.75) is 31.9 Å². The molecule has 0 saturated carbocycles. The highest BCUT2D eigenvalue weighted by Crippen LogP contribution is 2.36. The van der Waals surface area contributed by atoms with Gasteiger partial charge in [0.25, 0.3) is 0 Å². The van der Waals surface area contributed by atoms with Gasteiger partial charge in [-0.3, -0.25) is 0 Å². The van der Waals surface area contributed by atoms with Crippen molar-refractivity contribution in [2.75, 3.05) is 13.7 Å². The van der Waals surface area contributed by atoms with Crippen molar-refractivity contribution in [2.24, 2.45) is 5.92 Å². The fraction of sp³-hybridized carbons (Fsp3) is 0.571. The molecule has 1 aromatic rings. The maximum Gasteiger partial charge on any atom is 0.142 e. The summed E-state index contributed by atoms with van der Waals surface area (Å²) in [6.07, 6.45) is 2.18. The highest BCUT2D eigenvalue weighted by molar-refractivity contribution is 9.10. The Morgan fingerprint density at radius 1 is 1.56 bits per heavy atom. The smallest absolute Gasteiger partial charge is 0.142 e. The lowest BCUT2D eigenvalue weighted by Gasteiger charge is -2.27. The number of ether oxygens (including phenoxy) is 1. The molecule has 4 heteroatoms. The quantitative estimate of drug-likeness (QED) is 0.915. The Balaban J connectivity index is 2.30. The zero-order chi connectivity index (χ0) is 13.1. The summed E-state index contributed by atoms with van der Waals surface area (Å²) in [7, 11) is 1.88. The van der Waals surface area contributed by atoms with Crippen molar-refractivity contribution in [3.63, 3.8) is 0 Å². The van der Waals surface area contributed by atoms with Gasteiger partial charge in [-0.25, -0.2) is 4.39 Å². The summed E-state index contributed by atoms with van der Waals surface area (Å²) in [5.41, 5.74) is 0.723. The summed E-state index contributed by atoms with van der Waals surface area (Å²) in [6, 6.07) is 5.47. The second-order valence-corrected chi connectivity index (χ2v) is 5.53. The molecule has 3 atom stereocenters. The Bertz CT molecular complexity index is 413. The van der Waals surface area contributed by atoms with E-state index in [2.05, 4.69) is 28.2 Å². The summed E-state index contributed by atoms with van der Waals surface area (Å²) >= 11 is 3.25. The zero-order valence-electron chi connectivity index (χ0n) is 10.7. The van der Waals surface area contributed by atoms with Crippen LogP contribution in [0.5, 0.6) is 0 Å². The molecule has 1 fully saturated rings. The van der Waals surface area contributed by atoms with E-state index in [1.165, 1.54) is 0 Å². The fourth-order valence-corrected chi connectivity index (χ4v) is 3.21. The van der Waals surface area contributed by atoms with Crippen molar-refractivity contribution >= 4 is 15.9 Å². The van der Waals surface area contributed by atoms with E-state index in [1.807, 2.05) is 19.2 Å². The maximum absolute atomic E-state index is 14.2. The molecule has 2 rings (SSSR count). The Morgan fingerprint density at radius 2 is 2.33 bits per heavy atom. The fourth-order valence-electron chi connectivity index (χ4n) is 2.83. The standard InChI is InChI=1S/C14H19BrFNO/c1-3-12-9(7-8-18-12)14(17-2)10-5-4-6-11(15)13(10)16/h4-6,9,12,14,17H,3,7-8H2,1-2H3. The van der Waals surface area contributed by atoms with Crippen LogP contribution in [0.3, 0.4) is 0 Å². The summed E-state index contributed by atoms with van der Waals surface area (Å²) in [5.74, 6) is 0.169. The predicted molar refractivity (Wildman–Crippen MR) is 74.0 cm³/mol. The number of halogens is 2. The third-order valence-electron chi connectivity index (χ3n) is 3.72. The van der Waals surface area contributed by atoms with E-state index < -0.39 is 0 Å². The average Bonchev–Trinajstić information content (AvgIpc) is 2.83. The summed E-state index contributed by atoms with van der Waals surface area (Å²) in [6.45, 7) is 2.89. The van der Waals surface area contributed by atoms with Gasteiger partial charge in [0.05, 0.1) is 10.6 Å². The largest absolute Gasteiger partial charge is 0.378 e. The third kappa shape index (κ3) is 2.60. The number of hydrogen-bond acceptors (Lipinski definition) is 2. The molecule has 1 saturated heterocycles. The van der Waals surface area contributed by atoms with Crippen LogP contribution < -0.4 is 5.32 Å². The molecule has 1 aromatic carbocycles. The molecule has 18 heavy (non-hydrogen) atoms. The van der Waals surface area contributed by atoms with Crippen molar-refractivity contribution in [1.82, 2.24) is 5.32 Å². The SMILES string of the molecule is CCC1OCCC1C(NC)c1cccc(Br)c1F. The van der Waals surface area contributed by atoms with Gasteiger partial charge in [0, 0.05) is 24.1 Å². The van der Waals surface area contributed by atoms with Crippen molar-refractivity contribution in [3.8, 4) is 0 Å². The van der Waals surface area contributed by atoms with E-state index in [0.717, 1.165) is 25.0 Å². The molecule has 1 N–H and O–H groups in total. The molecule has 100 valence electrons. The highest BCUT2D eigenvalue weighted by Gasteiger charge is 2.35. The Hall–Kier alpha value is -0.450. The molecule has 1 aliphatic rings. The molecule has 2 nitrogen and oxygen atoms in total. The lowest BCUT2D eigenvalue weighted by molar-refractivity contribution is 0.0778. The molecule has 0 spiro atoms. The zero-order valence-corrected chi connectivity index (χ0v) is 12.3. The second kappa shape index (κ2) is 6.13. The van der Waals surface area contributed by atoms with E-state index >= 15 is 0 Å². The molecule has 0 aromatic heterocycles. The number of rotatable bonds is 4. The maximum atomic E-state index is 14.2. The first kappa shape index (κ1) is 14.0. The van der Waals surface area contributed by atoms with Crippen LogP contribution in [0.15, 0.2) is 22.7 Å². The normalized spacial score (nSPS) is 25.3. The number of nitrogens with one attached hydrogen (secondary N) is 1. The van der Waals surface area contributed by atoms with Crippen molar-refractivity contribution in [3.05, 3.63) is 34.1 Å². The van der Waals surface area contributed by atoms with Gasteiger partial charge in [-0.1, -0.05) is 19.1 Å². The third-order valence-corrected chi connectivity index (χ3v) is 4.33. The Kier molecular flexibility index (Phi) is 4.76. The topological polar surface area (TPSA) is 21.3 Å². The van der Waals surface area contributed by atoms with Gasteiger partial charge in [-0.2, -0.15) is 0 Å². The van der Waals surface area contributed by atoms with Crippen molar-refractivity contribution in [1.29, 1.82) is 0 Å². The van der Waals surface area contributed by atoms with Gasteiger partial charge in [0.1, 0.15) is 5.82 Å². The number of benzene rings is 1. The highest BCUT2D eigenvalue weighted by atomic mass is 79.9. The first-order chi connectivity index (χ1) is 8.69. The summed E-state index contributed by atoms with van der Waals surface area (Å²) < 4.78 is 20.4. The molecule has 0 radical (unpaired) electrons. The van der Waals surface area contributed by atoms with Crippen LogP contribution in [-0.2, 0) is 4.74 Å². The van der Waals surface area contributed by atoms with E-state index in [-0.39, 0.29) is 18.0 Å². The first-order valence-electron chi connectivity index (χ1n) is 6.41. The molecular weight excluding hydrogens is 297 g/mol. The molecule has 1 aliphatic heterocycles. The molecular formula is C14H19BrFNO. The van der Waals surface area contributed by atoms with Crippen LogP contribution >= 0.6 is 15.9 Å². The summed E-state index contributed by atoms with van der Waals surface area (Å²) in [4.78, 5) is 0. The van der Waals surface area contributed by atoms with Gasteiger partial charge in [0.15, 0.2) is 0 Å². The number of hydrogen-bond donors (Lipinski definition) is 1. The van der Waals surface area contributed by atoms with Crippen LogP contribution in [0, 0.1) is 11.7 Å². The van der Waals surface area contributed by atoms with Crippen LogP contribution in [0.2, 0.25) is 0 Å². The monoisotopic (exact) mass is 315 g/mol. The van der Waals surface area contributed by atoms with E-state index in [9.17, 15) is 4.39 Å². The minimum absolute atomic E-state index is 0.00921. The van der Waals surface area contributed by atoms with Gasteiger partial charge >= 0.3 is 0 Å². The minimum atomic E-state index is -0.168. The summed E-state index contributed by atoms with van der Waals surface area (Å²) in [5, 5.41) is 3.25. The second-order valence-electron chi connectivity index (χ2n) is 4.68. The average molecular weight is 316 g/mol. The van der Waals surface area contributed by atoms with Gasteiger partial charge in [-0.15, -0.1) is 0 Å². The molecule has 0 bridgehead atoms. The van der Waals surface area contributed by atoms with Gasteiger partial charge in [-0.05, 0) is 41.9 Å². The lowest BCUT2D eigenvalue weighted by atomic mass is 9.86. The van der Waals surface area contributed by atoms with Crippen molar-refractivity contribution < 1.29 is 9.13 Å². The molecule has 1 heterocycles. The van der Waals surface area contributed by atoms with E-state index in [1.54, 1.807) is 6.07 Å². The van der Waals surface area contributed by atoms with Crippen LogP contribution in [0.25, 0.3) is 0 Å². The molecule has 0 aliphatic carbocycles. The van der Waals surface area contributed by atoms with Gasteiger partial charge < -0.3 is 10.1 Å². The Morgan fingerprint density at radius 3 is 3.00 bits per heavy atom.